The van der Waals surface area contributed by atoms with E-state index in [0.717, 1.165) is 138 Å². The fourth-order valence-corrected chi connectivity index (χ4v) is 12.8. The van der Waals surface area contributed by atoms with Crippen LogP contribution in [-0.2, 0) is 19.1 Å². The van der Waals surface area contributed by atoms with Crippen molar-refractivity contribution in [1.29, 1.82) is 0 Å². The normalized spacial score (nSPS) is 15.3. The smallest absolute Gasteiger partial charge is 0.305 e. The van der Waals surface area contributed by atoms with Gasteiger partial charge in [-0.1, -0.05) is 149 Å². The molecule has 0 spiro atoms. The Morgan fingerprint density at radius 1 is 0.474 bits per heavy atom. The maximum atomic E-state index is 11.2. The molecule has 0 fully saturated rings. The van der Waals surface area contributed by atoms with Crippen LogP contribution in [0.1, 0.15) is 252 Å². The van der Waals surface area contributed by atoms with Crippen LogP contribution in [0.2, 0.25) is 0 Å². The third kappa shape index (κ3) is 56.3. The van der Waals surface area contributed by atoms with Gasteiger partial charge >= 0.3 is 11.9 Å². The standard InChI is InChI=1S/C31H62O6S2.C21H42O3S2.C10H20O3/c1-4-5-6-11-16-27(33)20-21-28(17-12-8-7-9-14-19-30(35)37-3)39-24-23-38-22-15-10-13-18-29(34)31(36)26(2)25-32;1-3-4-5-9-12-19(22)15-16-20(26-18-17-25)13-10-7-6-8-11-14-21(23)24-2;1-3-4-5-6-9(12)10(13)8(2)7-11/h26-29,31-34,36H,4-25H2,1-3H3;19-20,22,25H,3-18H2,1-2H3;3,8-13H,1,4-7H2,2H3/t26-,27?,28?,29?,31+;;8-,9?,10+/m1.1/s1. The Balaban J connectivity index is -0.00000123. The van der Waals surface area contributed by atoms with E-state index < -0.39 is 24.4 Å². The molecule has 12 nitrogen and oxygen atoms in total. The van der Waals surface area contributed by atoms with Crippen LogP contribution in [0.3, 0.4) is 0 Å². The molecule has 0 aromatic rings. The van der Waals surface area contributed by atoms with Gasteiger partial charge in [-0.15, -0.1) is 6.58 Å². The van der Waals surface area contributed by atoms with Crippen LogP contribution in [0.25, 0.3) is 0 Å². The third-order valence-corrected chi connectivity index (χ3v) is 19.1. The summed E-state index contributed by atoms with van der Waals surface area (Å²) in [6.07, 6.45) is 34.8. The minimum Gasteiger partial charge on any atom is -0.469 e. The summed E-state index contributed by atoms with van der Waals surface area (Å²) in [5.74, 6) is 4.67. The second-order valence-electron chi connectivity index (χ2n) is 21.8. The number of esters is 2. The highest BCUT2D eigenvalue weighted by molar-refractivity contribution is 8.03. The SMILES string of the molecule is C=CCCCC(O)[C@@H](O)[C@H](C)CO.CCCCCCC(O)CCC(CCCCCCCC(=O)OC)SCCS.CCCCCCC(O)CCC(CCCCCCCC(=O)OC)SCCSCCCCCC(O)[C@@H](O)[C@H](C)CO. The molecule has 16 heteroatoms. The fourth-order valence-electron chi connectivity index (χ4n) is 8.95. The Kier molecular flexibility index (Phi) is 66.0. The van der Waals surface area contributed by atoms with E-state index in [4.69, 9.17) is 14.9 Å². The molecule has 0 bridgehead atoms. The van der Waals surface area contributed by atoms with Crippen molar-refractivity contribution in [1.82, 2.24) is 0 Å². The predicted octanol–water partition coefficient (Wildman–Crippen LogP) is 13.5. The number of carbonyl (C=O) groups excluding carboxylic acids is 2. The van der Waals surface area contributed by atoms with Gasteiger partial charge in [-0.2, -0.15) is 47.9 Å². The highest BCUT2D eigenvalue weighted by atomic mass is 32.2. The molecule has 78 heavy (non-hydrogen) atoms. The summed E-state index contributed by atoms with van der Waals surface area (Å²) >= 11 is 10.4. The first-order valence-electron chi connectivity index (χ1n) is 31.1. The van der Waals surface area contributed by atoms with Crippen LogP contribution in [0.15, 0.2) is 12.7 Å². The molecular formula is C62H124O12S4. The van der Waals surface area contributed by atoms with Crippen molar-refractivity contribution >= 4 is 59.9 Å². The zero-order valence-corrected chi connectivity index (χ0v) is 54.0. The lowest BCUT2D eigenvalue weighted by atomic mass is 9.97. The van der Waals surface area contributed by atoms with Crippen LogP contribution in [0, 0.1) is 11.8 Å². The molecule has 0 amide bonds. The lowest BCUT2D eigenvalue weighted by Gasteiger charge is -2.22. The third-order valence-electron chi connectivity index (χ3n) is 14.4. The Morgan fingerprint density at radius 3 is 1.28 bits per heavy atom. The van der Waals surface area contributed by atoms with Gasteiger partial charge < -0.3 is 50.3 Å². The average Bonchev–Trinajstić information content (AvgIpc) is 3.44. The molecule has 0 radical (unpaired) electrons. The van der Waals surface area contributed by atoms with E-state index in [9.17, 15) is 40.2 Å². The highest BCUT2D eigenvalue weighted by Crippen LogP contribution is 2.27. The lowest BCUT2D eigenvalue weighted by molar-refractivity contribution is -0.141. The minimum atomic E-state index is -0.844. The summed E-state index contributed by atoms with van der Waals surface area (Å²) in [5.41, 5.74) is 0. The molecule has 0 rings (SSSR count). The molecule has 0 aliphatic rings. The van der Waals surface area contributed by atoms with Crippen molar-refractivity contribution in [2.75, 3.05) is 56.2 Å². The van der Waals surface area contributed by atoms with E-state index in [1.165, 1.54) is 104 Å². The predicted molar refractivity (Wildman–Crippen MR) is 339 cm³/mol. The molecule has 0 aromatic heterocycles. The van der Waals surface area contributed by atoms with Crippen LogP contribution < -0.4 is 0 Å². The average molecular weight is 1190 g/mol. The Hall–Kier alpha value is -0.240. The number of thiol groups is 1. The first kappa shape index (κ1) is 82.0. The van der Waals surface area contributed by atoms with Crippen molar-refractivity contribution in [3.8, 4) is 0 Å². The van der Waals surface area contributed by atoms with E-state index in [0.29, 0.717) is 36.2 Å². The molecule has 0 saturated carbocycles. The van der Waals surface area contributed by atoms with E-state index in [1.54, 1.807) is 19.9 Å². The Bertz CT molecular complexity index is 1260. The number of hydrogen-bond donors (Lipinski definition) is 9. The zero-order valence-electron chi connectivity index (χ0n) is 50.6. The second kappa shape index (κ2) is 62.8. The summed E-state index contributed by atoms with van der Waals surface area (Å²) in [4.78, 5) is 22.3. The van der Waals surface area contributed by atoms with Crippen LogP contribution in [-0.4, -0.2) is 156 Å². The first-order chi connectivity index (χ1) is 37.6. The van der Waals surface area contributed by atoms with Gasteiger partial charge in [-0.3, -0.25) is 9.59 Å². The van der Waals surface area contributed by atoms with Crippen LogP contribution >= 0.6 is 47.9 Å². The Morgan fingerprint density at radius 2 is 0.859 bits per heavy atom. The van der Waals surface area contributed by atoms with Gasteiger partial charge in [0.05, 0.1) is 50.8 Å². The van der Waals surface area contributed by atoms with Gasteiger partial charge in [-0.25, -0.2) is 0 Å². The van der Waals surface area contributed by atoms with Gasteiger partial charge in [0.15, 0.2) is 0 Å². The number of unbranched alkanes of at least 4 members (excludes halogenated alkanes) is 17. The molecule has 468 valence electrons. The molecule has 0 aromatic carbocycles. The van der Waals surface area contributed by atoms with Crippen LogP contribution in [0.5, 0.6) is 0 Å². The van der Waals surface area contributed by atoms with Crippen molar-refractivity contribution in [2.45, 2.75) is 300 Å². The van der Waals surface area contributed by atoms with Crippen molar-refractivity contribution < 1.29 is 59.9 Å². The summed E-state index contributed by atoms with van der Waals surface area (Å²) in [7, 11) is 2.90. The second-order valence-corrected chi connectivity index (χ2v) is 26.2. The topological polar surface area (TPSA) is 214 Å². The number of hydrogen-bond acceptors (Lipinski definition) is 16. The highest BCUT2D eigenvalue weighted by Gasteiger charge is 2.23. The van der Waals surface area contributed by atoms with Crippen molar-refractivity contribution in [3.05, 3.63) is 12.7 Å². The maximum absolute atomic E-state index is 11.2. The molecule has 0 aliphatic carbocycles. The number of carbonyl (C=O) groups is 2. The number of ether oxygens (including phenoxy) is 2. The number of methoxy groups -OCH3 is 2. The lowest BCUT2D eigenvalue weighted by Crippen LogP contribution is -2.33. The van der Waals surface area contributed by atoms with Gasteiger partial charge in [0, 0.05) is 65.6 Å². The number of rotatable bonds is 55. The Labute approximate surface area is 497 Å². The molecule has 10 atom stereocenters. The van der Waals surface area contributed by atoms with E-state index in [1.807, 2.05) is 23.5 Å². The monoisotopic (exact) mass is 1190 g/mol. The van der Waals surface area contributed by atoms with Crippen molar-refractivity contribution in [3.63, 3.8) is 0 Å². The molecule has 0 heterocycles. The summed E-state index contributed by atoms with van der Waals surface area (Å²) < 4.78 is 9.37. The van der Waals surface area contributed by atoms with E-state index in [2.05, 4.69) is 49.6 Å². The summed E-state index contributed by atoms with van der Waals surface area (Å²) in [5, 5.41) is 78.6. The molecule has 8 N–H and O–H groups in total. The summed E-state index contributed by atoms with van der Waals surface area (Å²) in [6.45, 7) is 11.3. The number of aliphatic hydroxyl groups is 8. The number of aliphatic hydroxyl groups excluding tert-OH is 8. The summed E-state index contributed by atoms with van der Waals surface area (Å²) in [6, 6.07) is 0. The van der Waals surface area contributed by atoms with Crippen molar-refractivity contribution in [2.24, 2.45) is 11.8 Å². The molecule has 0 aliphatic heterocycles. The van der Waals surface area contributed by atoms with Gasteiger partial charge in [0.1, 0.15) is 0 Å². The van der Waals surface area contributed by atoms with Gasteiger partial charge in [-0.05, 0) is 108 Å². The van der Waals surface area contributed by atoms with E-state index >= 15 is 0 Å². The number of allylic oxidation sites excluding steroid dienone is 1. The zero-order chi connectivity index (χ0) is 58.9. The molecular weight excluding hydrogens is 1060 g/mol. The first-order valence-corrected chi connectivity index (χ1v) is 35.0. The molecule has 6 unspecified atom stereocenters. The van der Waals surface area contributed by atoms with Crippen LogP contribution in [0.4, 0.5) is 0 Å². The molecule has 0 saturated heterocycles. The number of thioether (sulfide) groups is 3. The quantitative estimate of drug-likeness (QED) is 0.0120. The van der Waals surface area contributed by atoms with E-state index in [-0.39, 0.29) is 49.2 Å². The largest absolute Gasteiger partial charge is 0.469 e. The maximum Gasteiger partial charge on any atom is 0.305 e. The van der Waals surface area contributed by atoms with Gasteiger partial charge in [0.25, 0.3) is 0 Å². The minimum absolute atomic E-state index is 0.0959. The fraction of sp³-hybridized carbons (Fsp3) is 0.935. The van der Waals surface area contributed by atoms with Gasteiger partial charge in [0.2, 0.25) is 0 Å².